The van der Waals surface area contributed by atoms with Crippen molar-refractivity contribution in [1.29, 1.82) is 0 Å². The van der Waals surface area contributed by atoms with Gasteiger partial charge < -0.3 is 20.1 Å². The van der Waals surface area contributed by atoms with Gasteiger partial charge in [-0.2, -0.15) is 0 Å². The van der Waals surface area contributed by atoms with Crippen LogP contribution in [0.3, 0.4) is 0 Å². The number of alkyl carbamates (subject to hydrolysis) is 1. The minimum absolute atomic E-state index is 0.196. The molecule has 1 aliphatic heterocycles. The van der Waals surface area contributed by atoms with E-state index in [-0.39, 0.29) is 5.92 Å². The fraction of sp³-hybridized carbons (Fsp3) is 0.800. The summed E-state index contributed by atoms with van der Waals surface area (Å²) in [5.74, 6) is -0.640. The van der Waals surface area contributed by atoms with Gasteiger partial charge >= 0.3 is 12.1 Å². The predicted octanol–water partition coefficient (Wildman–Crippen LogP) is 1.36. The summed E-state index contributed by atoms with van der Waals surface area (Å²) < 4.78 is 9.98. The lowest BCUT2D eigenvalue weighted by molar-refractivity contribution is -0.141. The van der Waals surface area contributed by atoms with Crippen LogP contribution in [0.4, 0.5) is 4.79 Å². The number of nitrogens with one attached hydrogen (secondary N) is 2. The molecule has 0 spiro atoms. The number of cyclic esters (lactones) is 1. The Hall–Kier alpha value is -1.79. The van der Waals surface area contributed by atoms with Crippen LogP contribution in [0.5, 0.6) is 0 Å². The molecule has 2 unspecified atom stereocenters. The monoisotopic (exact) mass is 314 g/mol. The van der Waals surface area contributed by atoms with Gasteiger partial charge in [0.15, 0.2) is 0 Å². The van der Waals surface area contributed by atoms with Gasteiger partial charge in [0.1, 0.15) is 17.7 Å². The number of hydrogen-bond acceptors (Lipinski definition) is 5. The van der Waals surface area contributed by atoms with Crippen molar-refractivity contribution in [3.63, 3.8) is 0 Å². The minimum atomic E-state index is -0.747. The van der Waals surface area contributed by atoms with Gasteiger partial charge in [0.2, 0.25) is 5.91 Å². The lowest BCUT2D eigenvalue weighted by Gasteiger charge is -2.24. The van der Waals surface area contributed by atoms with Gasteiger partial charge in [-0.3, -0.25) is 4.79 Å². The molecule has 126 valence electrons. The van der Waals surface area contributed by atoms with E-state index in [1.54, 1.807) is 20.8 Å². The first-order valence-electron chi connectivity index (χ1n) is 7.55. The van der Waals surface area contributed by atoms with E-state index >= 15 is 0 Å². The molecule has 2 amide bonds. The van der Waals surface area contributed by atoms with Crippen molar-refractivity contribution in [1.82, 2.24) is 10.6 Å². The summed E-state index contributed by atoms with van der Waals surface area (Å²) in [7, 11) is 0. The molecule has 1 rings (SSSR count). The smallest absolute Gasteiger partial charge is 0.408 e. The number of carbonyl (C=O) groups is 3. The Morgan fingerprint density at radius 2 is 2.00 bits per heavy atom. The van der Waals surface area contributed by atoms with Crippen molar-refractivity contribution in [3.05, 3.63) is 0 Å². The van der Waals surface area contributed by atoms with Gasteiger partial charge in [-0.25, -0.2) is 9.59 Å². The standard InChI is InChI=1S/C15H26N2O5/c1-9(2)8-11(17-14(20)22-15(3,4)5)12(18)16-10-6-7-21-13(10)19/h9-11H,6-8H2,1-5H3,(H,16,18)(H,17,20). The zero-order chi connectivity index (χ0) is 16.9. The molecular formula is C15H26N2O5. The maximum atomic E-state index is 12.3. The maximum absolute atomic E-state index is 12.3. The quantitative estimate of drug-likeness (QED) is 0.747. The van der Waals surface area contributed by atoms with Crippen molar-refractivity contribution < 1.29 is 23.9 Å². The summed E-state index contributed by atoms with van der Waals surface area (Å²) >= 11 is 0. The molecule has 0 aromatic carbocycles. The van der Waals surface area contributed by atoms with Crippen LogP contribution in [0.2, 0.25) is 0 Å². The molecule has 1 heterocycles. The molecule has 7 heteroatoms. The normalized spacial score (nSPS) is 19.5. The summed E-state index contributed by atoms with van der Waals surface area (Å²) in [5.41, 5.74) is -0.641. The molecule has 1 saturated heterocycles. The average molecular weight is 314 g/mol. The second kappa shape index (κ2) is 7.47. The lowest BCUT2D eigenvalue weighted by Crippen LogP contribution is -2.52. The molecule has 22 heavy (non-hydrogen) atoms. The highest BCUT2D eigenvalue weighted by atomic mass is 16.6. The molecule has 0 radical (unpaired) electrons. The van der Waals surface area contributed by atoms with E-state index in [1.165, 1.54) is 0 Å². The first kappa shape index (κ1) is 18.3. The SMILES string of the molecule is CC(C)CC(NC(=O)OC(C)(C)C)C(=O)NC1CCOC1=O. The second-order valence-electron chi connectivity index (χ2n) is 6.85. The van der Waals surface area contributed by atoms with Crippen LogP contribution in [0.1, 0.15) is 47.5 Å². The third-order valence-corrected chi connectivity index (χ3v) is 2.97. The number of ether oxygens (including phenoxy) is 2. The number of rotatable bonds is 5. The molecule has 2 atom stereocenters. The van der Waals surface area contributed by atoms with E-state index in [0.29, 0.717) is 19.4 Å². The zero-order valence-electron chi connectivity index (χ0n) is 13.9. The van der Waals surface area contributed by atoms with Gasteiger partial charge in [0.25, 0.3) is 0 Å². The van der Waals surface area contributed by atoms with E-state index < -0.39 is 35.7 Å². The van der Waals surface area contributed by atoms with Crippen LogP contribution < -0.4 is 10.6 Å². The van der Waals surface area contributed by atoms with Crippen LogP contribution in [0, 0.1) is 5.92 Å². The molecular weight excluding hydrogens is 288 g/mol. The molecule has 7 nitrogen and oxygen atoms in total. The van der Waals surface area contributed by atoms with Crippen molar-refractivity contribution in [2.45, 2.75) is 65.1 Å². The van der Waals surface area contributed by atoms with Gasteiger partial charge in [-0.05, 0) is 33.1 Å². The van der Waals surface area contributed by atoms with E-state index in [9.17, 15) is 14.4 Å². The highest BCUT2D eigenvalue weighted by Crippen LogP contribution is 2.11. The van der Waals surface area contributed by atoms with Gasteiger partial charge in [-0.1, -0.05) is 13.8 Å². The van der Waals surface area contributed by atoms with Gasteiger partial charge in [0.05, 0.1) is 6.61 Å². The number of amides is 2. The molecule has 2 N–H and O–H groups in total. The van der Waals surface area contributed by atoms with E-state index in [2.05, 4.69) is 10.6 Å². The average Bonchev–Trinajstić information content (AvgIpc) is 2.71. The molecule has 0 aliphatic carbocycles. The highest BCUT2D eigenvalue weighted by molar-refractivity contribution is 5.90. The Morgan fingerprint density at radius 3 is 2.45 bits per heavy atom. The van der Waals surface area contributed by atoms with E-state index in [0.717, 1.165) is 0 Å². The molecule has 0 aromatic rings. The van der Waals surface area contributed by atoms with Gasteiger partial charge in [-0.15, -0.1) is 0 Å². The Kier molecular flexibility index (Phi) is 6.20. The van der Waals surface area contributed by atoms with Crippen molar-refractivity contribution in [2.75, 3.05) is 6.61 Å². The van der Waals surface area contributed by atoms with Gasteiger partial charge in [0, 0.05) is 6.42 Å². The summed E-state index contributed by atoms with van der Waals surface area (Å²) in [5, 5.41) is 5.19. The van der Waals surface area contributed by atoms with E-state index in [4.69, 9.17) is 9.47 Å². The first-order chi connectivity index (χ1) is 10.1. The Morgan fingerprint density at radius 1 is 1.36 bits per heavy atom. The molecule has 1 fully saturated rings. The summed E-state index contributed by atoms with van der Waals surface area (Å²) in [6, 6.07) is -1.38. The molecule has 1 aliphatic rings. The van der Waals surface area contributed by atoms with Crippen molar-refractivity contribution in [2.24, 2.45) is 5.92 Å². The third kappa shape index (κ3) is 6.32. The van der Waals surface area contributed by atoms with Crippen LogP contribution in [0.15, 0.2) is 0 Å². The zero-order valence-corrected chi connectivity index (χ0v) is 13.9. The molecule has 0 saturated carbocycles. The highest BCUT2D eigenvalue weighted by Gasteiger charge is 2.32. The first-order valence-corrected chi connectivity index (χ1v) is 7.55. The van der Waals surface area contributed by atoms with Crippen LogP contribution in [-0.4, -0.2) is 42.3 Å². The Labute approximate surface area is 131 Å². The third-order valence-electron chi connectivity index (χ3n) is 2.97. The topological polar surface area (TPSA) is 93.7 Å². The fourth-order valence-corrected chi connectivity index (χ4v) is 2.05. The summed E-state index contributed by atoms with van der Waals surface area (Å²) in [6.07, 6.45) is 0.250. The largest absolute Gasteiger partial charge is 0.464 e. The Bertz CT molecular complexity index is 428. The number of esters is 1. The minimum Gasteiger partial charge on any atom is -0.464 e. The molecule has 0 aromatic heterocycles. The second-order valence-corrected chi connectivity index (χ2v) is 6.85. The van der Waals surface area contributed by atoms with Crippen molar-refractivity contribution in [3.8, 4) is 0 Å². The van der Waals surface area contributed by atoms with Crippen molar-refractivity contribution >= 4 is 18.0 Å². The number of hydrogen-bond donors (Lipinski definition) is 2. The summed E-state index contributed by atoms with van der Waals surface area (Å²) in [4.78, 5) is 35.6. The molecule has 0 bridgehead atoms. The number of carbonyl (C=O) groups excluding carboxylic acids is 3. The van der Waals surface area contributed by atoms with E-state index in [1.807, 2.05) is 13.8 Å². The lowest BCUT2D eigenvalue weighted by atomic mass is 10.0. The fourth-order valence-electron chi connectivity index (χ4n) is 2.05. The summed E-state index contributed by atoms with van der Waals surface area (Å²) in [6.45, 7) is 9.44. The van der Waals surface area contributed by atoms with Crippen LogP contribution in [0.25, 0.3) is 0 Å². The van der Waals surface area contributed by atoms with Crippen LogP contribution in [-0.2, 0) is 19.1 Å². The van der Waals surface area contributed by atoms with Crippen LogP contribution >= 0.6 is 0 Å². The maximum Gasteiger partial charge on any atom is 0.408 e. The predicted molar refractivity (Wildman–Crippen MR) is 80.1 cm³/mol. The Balaban J connectivity index is 2.64.